The van der Waals surface area contributed by atoms with Crippen molar-refractivity contribution in [1.29, 1.82) is 0 Å². The minimum Gasteiger partial charge on any atom is -0.384 e. The van der Waals surface area contributed by atoms with Crippen LogP contribution in [0.5, 0.6) is 0 Å². The van der Waals surface area contributed by atoms with Crippen LogP contribution in [0.3, 0.4) is 0 Å². The van der Waals surface area contributed by atoms with Gasteiger partial charge in [-0.25, -0.2) is 0 Å². The van der Waals surface area contributed by atoms with Crippen LogP contribution in [0.4, 0.5) is 17.1 Å². The Morgan fingerprint density at radius 3 is 1.48 bits per heavy atom. The summed E-state index contributed by atoms with van der Waals surface area (Å²) in [6.45, 7) is 5.66. The average Bonchev–Trinajstić information content (AvgIpc) is 3.06. The maximum absolute atomic E-state index is 6.22. The van der Waals surface area contributed by atoms with Crippen molar-refractivity contribution < 1.29 is 0 Å². The molecule has 0 spiro atoms. The Hall–Kier alpha value is -3.81. The SMILES string of the molecule is Clc1ccc2c(NCCCN(CCCNc3ccnc4cc(Cl)ccc34)CCCNc3ccnc4cc(Cl)ccc34)cccc2c1. The number of halogens is 3. The summed E-state index contributed by atoms with van der Waals surface area (Å²) in [7, 11) is 0. The highest BCUT2D eigenvalue weighted by atomic mass is 35.5. The first kappa shape index (κ1) is 32.1. The van der Waals surface area contributed by atoms with E-state index in [4.69, 9.17) is 34.8 Å². The smallest absolute Gasteiger partial charge is 0.0737 e. The quantitative estimate of drug-likeness (QED) is 0.0945. The molecule has 9 heteroatoms. The highest BCUT2D eigenvalue weighted by Gasteiger charge is 2.08. The zero-order valence-electron chi connectivity index (χ0n) is 25.6. The number of anilines is 3. The van der Waals surface area contributed by atoms with Gasteiger partial charge in [0.2, 0.25) is 0 Å². The molecule has 3 N–H and O–H groups in total. The van der Waals surface area contributed by atoms with Crippen LogP contribution in [0.25, 0.3) is 32.6 Å². The lowest BCUT2D eigenvalue weighted by atomic mass is 10.1. The van der Waals surface area contributed by atoms with E-state index in [1.807, 2.05) is 73.1 Å². The lowest BCUT2D eigenvalue weighted by Gasteiger charge is -2.23. The summed E-state index contributed by atoms with van der Waals surface area (Å²) >= 11 is 18.6. The summed E-state index contributed by atoms with van der Waals surface area (Å²) in [4.78, 5) is 11.5. The van der Waals surface area contributed by atoms with Crippen molar-refractivity contribution >= 4 is 84.4 Å². The number of benzene rings is 4. The number of hydrogen-bond acceptors (Lipinski definition) is 6. The van der Waals surface area contributed by atoms with E-state index in [-0.39, 0.29) is 0 Å². The van der Waals surface area contributed by atoms with E-state index in [2.05, 4.69) is 55.1 Å². The van der Waals surface area contributed by atoms with E-state index in [9.17, 15) is 0 Å². The largest absolute Gasteiger partial charge is 0.384 e. The minimum atomic E-state index is 0.697. The number of hydrogen-bond donors (Lipinski definition) is 3. The molecule has 0 radical (unpaired) electrons. The topological polar surface area (TPSA) is 65.1 Å². The molecule has 6 aromatic rings. The molecule has 2 aromatic heterocycles. The summed E-state index contributed by atoms with van der Waals surface area (Å²) in [5.74, 6) is 0. The van der Waals surface area contributed by atoms with Gasteiger partial charge in [0.25, 0.3) is 0 Å². The van der Waals surface area contributed by atoms with Crippen LogP contribution in [-0.4, -0.2) is 54.1 Å². The van der Waals surface area contributed by atoms with Gasteiger partial charge in [-0.1, -0.05) is 53.0 Å². The molecule has 6 nitrogen and oxygen atoms in total. The first-order valence-corrected chi connectivity index (χ1v) is 16.9. The molecule has 0 bridgehead atoms. The van der Waals surface area contributed by atoms with Crippen molar-refractivity contribution in [2.45, 2.75) is 19.3 Å². The number of aromatic nitrogens is 2. The second-order valence-corrected chi connectivity index (χ2v) is 12.7. The highest BCUT2D eigenvalue weighted by molar-refractivity contribution is 6.32. The van der Waals surface area contributed by atoms with Gasteiger partial charge in [0.15, 0.2) is 0 Å². The molecule has 6 rings (SSSR count). The van der Waals surface area contributed by atoms with Gasteiger partial charge < -0.3 is 20.9 Å². The first-order valence-electron chi connectivity index (χ1n) is 15.7. The van der Waals surface area contributed by atoms with E-state index in [1.165, 1.54) is 5.39 Å². The van der Waals surface area contributed by atoms with Crippen molar-refractivity contribution in [3.05, 3.63) is 112 Å². The van der Waals surface area contributed by atoms with Gasteiger partial charge >= 0.3 is 0 Å². The molecule has 4 aromatic carbocycles. The maximum Gasteiger partial charge on any atom is 0.0737 e. The van der Waals surface area contributed by atoms with E-state index in [0.29, 0.717) is 10.0 Å². The van der Waals surface area contributed by atoms with Gasteiger partial charge in [0, 0.05) is 80.3 Å². The summed E-state index contributed by atoms with van der Waals surface area (Å²) < 4.78 is 0. The first-order chi connectivity index (χ1) is 22.5. The Morgan fingerprint density at radius 2 is 0.957 bits per heavy atom. The van der Waals surface area contributed by atoms with Gasteiger partial charge in [-0.2, -0.15) is 0 Å². The monoisotopic (exact) mass is 670 g/mol. The van der Waals surface area contributed by atoms with Gasteiger partial charge in [-0.15, -0.1) is 0 Å². The number of nitrogens with zero attached hydrogens (tertiary/aromatic N) is 3. The Kier molecular flexibility index (Phi) is 10.9. The molecule has 2 heterocycles. The molecule has 236 valence electrons. The fourth-order valence-corrected chi connectivity index (χ4v) is 6.39. The van der Waals surface area contributed by atoms with Crippen molar-refractivity contribution in [3.63, 3.8) is 0 Å². The average molecular weight is 672 g/mol. The Bertz CT molecular complexity index is 1710. The third-order valence-electron chi connectivity index (χ3n) is 8.15. The van der Waals surface area contributed by atoms with E-state index >= 15 is 0 Å². The maximum atomic E-state index is 6.22. The molecule has 0 unspecified atom stereocenters. The molecular formula is C37H37Cl3N6. The number of fused-ring (bicyclic) bond motifs is 3. The van der Waals surface area contributed by atoms with E-state index in [1.54, 1.807) is 0 Å². The van der Waals surface area contributed by atoms with Crippen LogP contribution in [0.1, 0.15) is 19.3 Å². The van der Waals surface area contributed by atoms with Crippen LogP contribution >= 0.6 is 34.8 Å². The third-order valence-corrected chi connectivity index (χ3v) is 8.86. The molecule has 0 saturated carbocycles. The lowest BCUT2D eigenvalue weighted by molar-refractivity contribution is 0.271. The Labute approximate surface area is 285 Å². The van der Waals surface area contributed by atoms with Crippen molar-refractivity contribution in [2.24, 2.45) is 0 Å². The van der Waals surface area contributed by atoms with Crippen LogP contribution in [-0.2, 0) is 0 Å². The van der Waals surface area contributed by atoms with Crippen molar-refractivity contribution in [1.82, 2.24) is 14.9 Å². The van der Waals surface area contributed by atoms with Gasteiger partial charge in [-0.3, -0.25) is 9.97 Å². The summed E-state index contributed by atoms with van der Waals surface area (Å²) in [5.41, 5.74) is 5.12. The number of pyridine rings is 2. The molecule has 0 aliphatic carbocycles. The normalized spacial score (nSPS) is 11.5. The fraction of sp³-hybridized carbons (Fsp3) is 0.243. The Morgan fingerprint density at radius 1 is 0.500 bits per heavy atom. The molecule has 0 amide bonds. The molecule has 0 atom stereocenters. The van der Waals surface area contributed by atoms with Crippen LogP contribution in [0, 0.1) is 0 Å². The minimum absolute atomic E-state index is 0.697. The summed E-state index contributed by atoms with van der Waals surface area (Å²) in [6.07, 6.45) is 6.75. The number of nitrogens with one attached hydrogen (secondary N) is 3. The lowest BCUT2D eigenvalue weighted by Crippen LogP contribution is -2.30. The van der Waals surface area contributed by atoms with Crippen molar-refractivity contribution in [2.75, 3.05) is 55.2 Å². The van der Waals surface area contributed by atoms with Crippen LogP contribution in [0.2, 0.25) is 15.1 Å². The zero-order valence-corrected chi connectivity index (χ0v) is 27.8. The molecule has 46 heavy (non-hydrogen) atoms. The predicted octanol–water partition coefficient (Wildman–Crippen LogP) is 10.0. The Balaban J connectivity index is 1.03. The van der Waals surface area contributed by atoms with Gasteiger partial charge in [-0.05, 0) is 111 Å². The number of rotatable bonds is 15. The second-order valence-electron chi connectivity index (χ2n) is 11.4. The standard InChI is InChI=1S/C37H37Cl3N6/c38-27-7-10-30-26(23-27)5-1-6-33(30)41-15-2-20-46(21-3-16-42-34-13-18-44-36-24-28(39)8-11-31(34)36)22-4-17-43-35-14-19-45-37-25-29(40)9-12-32(35)37/h1,5-14,18-19,23-25,41H,2-4,15-17,20-22H2,(H,42,44)(H,43,45). The molecule has 0 aliphatic heterocycles. The predicted molar refractivity (Wildman–Crippen MR) is 198 cm³/mol. The van der Waals surface area contributed by atoms with E-state index < -0.39 is 0 Å². The molecule has 0 aliphatic rings. The van der Waals surface area contributed by atoms with Gasteiger partial charge in [0.1, 0.15) is 0 Å². The molecule has 0 saturated heterocycles. The van der Waals surface area contributed by atoms with E-state index in [0.717, 1.165) is 108 Å². The fourth-order valence-electron chi connectivity index (χ4n) is 5.87. The molecular weight excluding hydrogens is 635 g/mol. The van der Waals surface area contributed by atoms with Gasteiger partial charge in [0.05, 0.1) is 11.0 Å². The summed E-state index contributed by atoms with van der Waals surface area (Å²) in [6, 6.07) is 28.1. The zero-order chi connectivity index (χ0) is 31.7. The van der Waals surface area contributed by atoms with Crippen LogP contribution < -0.4 is 16.0 Å². The molecule has 0 fully saturated rings. The third kappa shape index (κ3) is 8.31. The van der Waals surface area contributed by atoms with Crippen LogP contribution in [0.15, 0.2) is 97.3 Å². The highest BCUT2D eigenvalue weighted by Crippen LogP contribution is 2.27. The second kappa shape index (κ2) is 15.7. The summed E-state index contributed by atoms with van der Waals surface area (Å²) in [5, 5.41) is 17.6. The van der Waals surface area contributed by atoms with Crippen molar-refractivity contribution in [3.8, 4) is 0 Å².